The minimum absolute atomic E-state index is 0.408. The Balaban J connectivity index is 2.97. The van der Waals surface area contributed by atoms with E-state index in [2.05, 4.69) is 18.9 Å². The summed E-state index contributed by atoms with van der Waals surface area (Å²) in [6.45, 7) is 7.18. The molecule has 1 aromatic heterocycles. The van der Waals surface area contributed by atoms with Crippen LogP contribution in [0, 0.1) is 6.92 Å². The molecule has 0 radical (unpaired) electrons. The molecule has 1 aromatic rings. The molecule has 17 heavy (non-hydrogen) atoms. The number of amides is 1. The van der Waals surface area contributed by atoms with Gasteiger partial charge in [0.05, 0.1) is 0 Å². The summed E-state index contributed by atoms with van der Waals surface area (Å²) in [6.07, 6.45) is 5.27. The third-order valence-electron chi connectivity index (χ3n) is 3.07. The molecule has 96 valence electrons. The molecule has 0 saturated heterocycles. The van der Waals surface area contributed by atoms with E-state index in [1.165, 1.54) is 0 Å². The summed E-state index contributed by atoms with van der Waals surface area (Å²) in [7, 11) is 0. The molecule has 0 saturated carbocycles. The van der Waals surface area contributed by atoms with Crippen molar-refractivity contribution in [2.24, 2.45) is 5.73 Å². The van der Waals surface area contributed by atoms with Crippen LogP contribution < -0.4 is 5.73 Å². The SMILES string of the molecule is CCCCc1c(C(N)=O)nn(CCCC)c1C. The highest BCUT2D eigenvalue weighted by molar-refractivity contribution is 5.92. The third-order valence-corrected chi connectivity index (χ3v) is 3.07. The zero-order valence-corrected chi connectivity index (χ0v) is 11.1. The average Bonchev–Trinajstić information content (AvgIpc) is 2.61. The Morgan fingerprint density at radius 2 is 1.94 bits per heavy atom. The Morgan fingerprint density at radius 1 is 1.29 bits per heavy atom. The van der Waals surface area contributed by atoms with E-state index < -0.39 is 5.91 Å². The van der Waals surface area contributed by atoms with Crippen LogP contribution >= 0.6 is 0 Å². The van der Waals surface area contributed by atoms with Crippen molar-refractivity contribution in [3.63, 3.8) is 0 Å². The lowest BCUT2D eigenvalue weighted by atomic mass is 10.1. The minimum atomic E-state index is -0.408. The Bertz CT molecular complexity index is 382. The molecule has 0 unspecified atom stereocenters. The van der Waals surface area contributed by atoms with Crippen molar-refractivity contribution in [3.8, 4) is 0 Å². The number of rotatable bonds is 7. The monoisotopic (exact) mass is 237 g/mol. The number of primary amides is 1. The fraction of sp³-hybridized carbons (Fsp3) is 0.692. The molecule has 1 amide bonds. The highest BCUT2D eigenvalue weighted by Gasteiger charge is 2.17. The largest absolute Gasteiger partial charge is 0.364 e. The van der Waals surface area contributed by atoms with E-state index in [0.29, 0.717) is 5.69 Å². The van der Waals surface area contributed by atoms with Gasteiger partial charge in [-0.25, -0.2) is 0 Å². The predicted octanol–water partition coefficient (Wildman–Crippen LogP) is 2.43. The summed E-state index contributed by atoms with van der Waals surface area (Å²) in [4.78, 5) is 11.4. The number of hydrogen-bond acceptors (Lipinski definition) is 2. The van der Waals surface area contributed by atoms with E-state index in [9.17, 15) is 4.79 Å². The third kappa shape index (κ3) is 3.32. The number of nitrogens with zero attached hydrogens (tertiary/aromatic N) is 2. The maximum absolute atomic E-state index is 11.4. The van der Waals surface area contributed by atoms with E-state index in [1.54, 1.807) is 0 Å². The van der Waals surface area contributed by atoms with Crippen LogP contribution in [0.5, 0.6) is 0 Å². The topological polar surface area (TPSA) is 60.9 Å². The zero-order chi connectivity index (χ0) is 12.8. The highest BCUT2D eigenvalue weighted by atomic mass is 16.1. The first-order valence-electron chi connectivity index (χ1n) is 6.47. The second kappa shape index (κ2) is 6.42. The lowest BCUT2D eigenvalue weighted by molar-refractivity contribution is 0.0994. The normalized spacial score (nSPS) is 10.8. The van der Waals surface area contributed by atoms with E-state index in [-0.39, 0.29) is 0 Å². The van der Waals surface area contributed by atoms with Crippen LogP contribution in [-0.2, 0) is 13.0 Å². The number of nitrogens with two attached hydrogens (primary N) is 1. The second-order valence-corrected chi connectivity index (χ2v) is 4.46. The molecule has 2 N–H and O–H groups in total. The molecular formula is C13H23N3O. The van der Waals surface area contributed by atoms with Gasteiger partial charge in [0.15, 0.2) is 5.69 Å². The lowest BCUT2D eigenvalue weighted by Crippen LogP contribution is -2.14. The Morgan fingerprint density at radius 3 is 2.47 bits per heavy atom. The number of carbonyl (C=O) groups is 1. The van der Waals surface area contributed by atoms with Crippen LogP contribution in [0.25, 0.3) is 0 Å². The zero-order valence-electron chi connectivity index (χ0n) is 11.1. The quantitative estimate of drug-likeness (QED) is 0.791. The maximum Gasteiger partial charge on any atom is 0.269 e. The highest BCUT2D eigenvalue weighted by Crippen LogP contribution is 2.17. The predicted molar refractivity (Wildman–Crippen MR) is 69.0 cm³/mol. The van der Waals surface area contributed by atoms with Gasteiger partial charge in [-0.2, -0.15) is 5.10 Å². The van der Waals surface area contributed by atoms with Gasteiger partial charge >= 0.3 is 0 Å². The molecule has 0 atom stereocenters. The van der Waals surface area contributed by atoms with Crippen molar-refractivity contribution in [1.82, 2.24) is 9.78 Å². The van der Waals surface area contributed by atoms with Crippen molar-refractivity contribution in [2.75, 3.05) is 0 Å². The molecule has 1 rings (SSSR count). The van der Waals surface area contributed by atoms with Crippen LogP contribution in [0.3, 0.4) is 0 Å². The summed E-state index contributed by atoms with van der Waals surface area (Å²) < 4.78 is 1.93. The fourth-order valence-electron chi connectivity index (χ4n) is 1.96. The Hall–Kier alpha value is -1.32. The molecule has 0 aromatic carbocycles. The number of aromatic nitrogens is 2. The summed E-state index contributed by atoms with van der Waals surface area (Å²) >= 11 is 0. The molecule has 0 aliphatic heterocycles. The lowest BCUT2D eigenvalue weighted by Gasteiger charge is -2.03. The van der Waals surface area contributed by atoms with Gasteiger partial charge < -0.3 is 5.73 Å². The molecule has 0 bridgehead atoms. The van der Waals surface area contributed by atoms with Crippen LogP contribution in [0.4, 0.5) is 0 Å². The standard InChI is InChI=1S/C13H23N3O/c1-4-6-8-11-10(3)16(9-7-5-2)15-12(11)13(14)17/h4-9H2,1-3H3,(H2,14,17). The van der Waals surface area contributed by atoms with Gasteiger partial charge in [0.25, 0.3) is 5.91 Å². The smallest absolute Gasteiger partial charge is 0.269 e. The second-order valence-electron chi connectivity index (χ2n) is 4.46. The molecule has 4 heteroatoms. The van der Waals surface area contributed by atoms with Gasteiger partial charge in [-0.15, -0.1) is 0 Å². The van der Waals surface area contributed by atoms with Crippen LogP contribution in [0.2, 0.25) is 0 Å². The molecule has 0 aliphatic carbocycles. The molecular weight excluding hydrogens is 214 g/mol. The van der Waals surface area contributed by atoms with E-state index in [0.717, 1.165) is 49.9 Å². The number of unbranched alkanes of at least 4 members (excludes halogenated alkanes) is 2. The number of hydrogen-bond donors (Lipinski definition) is 1. The van der Waals surface area contributed by atoms with Gasteiger partial charge in [-0.05, 0) is 26.2 Å². The first kappa shape index (κ1) is 13.7. The molecule has 0 aliphatic rings. The Kier molecular flexibility index (Phi) is 5.19. The molecule has 0 spiro atoms. The summed E-state index contributed by atoms with van der Waals surface area (Å²) in [5, 5.41) is 4.34. The summed E-state index contributed by atoms with van der Waals surface area (Å²) in [5.41, 5.74) is 7.98. The van der Waals surface area contributed by atoms with Crippen LogP contribution in [0.15, 0.2) is 0 Å². The summed E-state index contributed by atoms with van der Waals surface area (Å²) in [6, 6.07) is 0. The summed E-state index contributed by atoms with van der Waals surface area (Å²) in [5.74, 6) is -0.408. The minimum Gasteiger partial charge on any atom is -0.364 e. The van der Waals surface area contributed by atoms with Gasteiger partial charge in [-0.1, -0.05) is 26.7 Å². The van der Waals surface area contributed by atoms with Gasteiger partial charge in [0.2, 0.25) is 0 Å². The molecule has 4 nitrogen and oxygen atoms in total. The first-order valence-corrected chi connectivity index (χ1v) is 6.47. The van der Waals surface area contributed by atoms with Crippen LogP contribution in [0.1, 0.15) is 61.3 Å². The van der Waals surface area contributed by atoms with Gasteiger partial charge in [0.1, 0.15) is 0 Å². The number of carbonyl (C=O) groups excluding carboxylic acids is 1. The average molecular weight is 237 g/mol. The maximum atomic E-state index is 11.4. The Labute approximate surface area is 103 Å². The van der Waals surface area contributed by atoms with E-state index in [4.69, 9.17) is 5.73 Å². The van der Waals surface area contributed by atoms with E-state index in [1.807, 2.05) is 11.6 Å². The number of aryl methyl sites for hydroxylation is 1. The molecule has 1 heterocycles. The van der Waals surface area contributed by atoms with Crippen molar-refractivity contribution in [2.45, 2.75) is 59.4 Å². The van der Waals surface area contributed by atoms with Gasteiger partial charge in [-0.3, -0.25) is 9.48 Å². The van der Waals surface area contributed by atoms with Gasteiger partial charge in [0, 0.05) is 17.8 Å². The molecule has 0 fully saturated rings. The first-order chi connectivity index (χ1) is 8.11. The van der Waals surface area contributed by atoms with Crippen LogP contribution in [-0.4, -0.2) is 15.7 Å². The fourth-order valence-corrected chi connectivity index (χ4v) is 1.96. The van der Waals surface area contributed by atoms with Crippen molar-refractivity contribution in [1.29, 1.82) is 0 Å². The van der Waals surface area contributed by atoms with Crippen molar-refractivity contribution in [3.05, 3.63) is 17.0 Å². The van der Waals surface area contributed by atoms with E-state index >= 15 is 0 Å². The van der Waals surface area contributed by atoms with Crippen molar-refractivity contribution < 1.29 is 4.79 Å². The van der Waals surface area contributed by atoms with Crippen molar-refractivity contribution >= 4 is 5.91 Å².